The average molecular weight is 376 g/mol. The second-order valence-corrected chi connectivity index (χ2v) is 6.99. The van der Waals surface area contributed by atoms with E-state index in [1.54, 1.807) is 18.6 Å². The van der Waals surface area contributed by atoms with E-state index in [0.717, 1.165) is 18.5 Å². The topological polar surface area (TPSA) is 63.7 Å². The Morgan fingerprint density at radius 2 is 2.19 bits per heavy atom. The van der Waals surface area contributed by atoms with E-state index in [2.05, 4.69) is 21.8 Å². The van der Waals surface area contributed by atoms with E-state index >= 15 is 0 Å². The number of amides is 1. The molecule has 1 amide bonds. The minimum atomic E-state index is -0.0386. The first-order chi connectivity index (χ1) is 12.5. The van der Waals surface area contributed by atoms with Crippen LogP contribution in [0.4, 0.5) is 5.69 Å². The van der Waals surface area contributed by atoms with Gasteiger partial charge in [-0.2, -0.15) is 0 Å². The third-order valence-electron chi connectivity index (χ3n) is 4.29. The van der Waals surface area contributed by atoms with Crippen LogP contribution < -0.4 is 15.0 Å². The highest BCUT2D eigenvalue weighted by Gasteiger charge is 2.31. The standard InChI is InChI=1S/C19H22ClN3O3/c1-13(22-14(2)24)11-25-16-9-15(10-16)12-26-19-18(20)17(5-6-21-19)23-7-3-4-8-23/h5-8,13,15-16H,9-12H2,1-2H3,(H,22,24)/t13-,15?,16?/m0/s1. The van der Waals surface area contributed by atoms with Crippen molar-refractivity contribution in [2.24, 2.45) is 5.92 Å². The van der Waals surface area contributed by atoms with Crippen LogP contribution in [0.1, 0.15) is 26.7 Å². The van der Waals surface area contributed by atoms with Gasteiger partial charge in [-0.1, -0.05) is 23.1 Å². The van der Waals surface area contributed by atoms with E-state index in [1.165, 1.54) is 6.92 Å². The molecule has 1 aromatic rings. The summed E-state index contributed by atoms with van der Waals surface area (Å²) >= 11 is 6.40. The molecule has 0 aromatic carbocycles. The number of halogens is 1. The van der Waals surface area contributed by atoms with Crippen molar-refractivity contribution in [1.82, 2.24) is 10.3 Å². The van der Waals surface area contributed by atoms with Crippen LogP contribution in [0.5, 0.6) is 5.88 Å². The molecule has 7 heteroatoms. The predicted molar refractivity (Wildman–Crippen MR) is 99.1 cm³/mol. The number of nitrogens with one attached hydrogen (secondary N) is 1. The third kappa shape index (κ3) is 4.69. The number of pyridine rings is 1. The average Bonchev–Trinajstić information content (AvgIpc) is 3.07. The molecule has 1 atom stereocenters. The molecular weight excluding hydrogens is 354 g/mol. The van der Waals surface area contributed by atoms with Crippen LogP contribution in [0.3, 0.4) is 0 Å². The minimum absolute atomic E-state index is 0.0247. The van der Waals surface area contributed by atoms with Gasteiger partial charge < -0.3 is 19.7 Å². The first kappa shape index (κ1) is 18.6. The summed E-state index contributed by atoms with van der Waals surface area (Å²) in [6.45, 7) is 4.52. The summed E-state index contributed by atoms with van der Waals surface area (Å²) in [4.78, 5) is 17.0. The van der Waals surface area contributed by atoms with Gasteiger partial charge >= 0.3 is 0 Å². The molecule has 3 rings (SSSR count). The Morgan fingerprint density at radius 1 is 1.46 bits per heavy atom. The SMILES string of the molecule is CC(=O)N[C@@H](C)COC1CC(COc2nccc(N3C=C=C=C3)c2Cl)C1. The highest BCUT2D eigenvalue weighted by molar-refractivity contribution is 6.34. The molecule has 26 heavy (non-hydrogen) atoms. The van der Waals surface area contributed by atoms with Crippen molar-refractivity contribution in [3.8, 4) is 5.88 Å². The largest absolute Gasteiger partial charge is 0.476 e. The molecule has 1 aliphatic heterocycles. The molecule has 1 aliphatic carbocycles. The first-order valence-corrected chi connectivity index (χ1v) is 9.02. The summed E-state index contributed by atoms with van der Waals surface area (Å²) in [5, 5.41) is 3.28. The molecule has 0 spiro atoms. The number of rotatable bonds is 8. The van der Waals surface area contributed by atoms with Crippen molar-refractivity contribution >= 4 is 23.2 Å². The zero-order valence-corrected chi connectivity index (χ0v) is 15.6. The van der Waals surface area contributed by atoms with Gasteiger partial charge in [-0.05, 0) is 31.7 Å². The van der Waals surface area contributed by atoms with Crippen LogP contribution in [-0.2, 0) is 9.53 Å². The van der Waals surface area contributed by atoms with Crippen LogP contribution >= 0.6 is 11.6 Å². The van der Waals surface area contributed by atoms with E-state index in [1.807, 2.05) is 17.9 Å². The molecule has 2 aliphatic rings. The lowest BCUT2D eigenvalue weighted by atomic mass is 9.83. The van der Waals surface area contributed by atoms with Crippen molar-refractivity contribution in [3.05, 3.63) is 41.1 Å². The van der Waals surface area contributed by atoms with E-state index in [9.17, 15) is 4.79 Å². The summed E-state index contributed by atoms with van der Waals surface area (Å²) in [5.41, 5.74) is 6.51. The monoisotopic (exact) mass is 375 g/mol. The van der Waals surface area contributed by atoms with Crippen LogP contribution in [-0.4, -0.2) is 36.3 Å². The Labute approximate surface area is 158 Å². The molecule has 6 nitrogen and oxygen atoms in total. The van der Waals surface area contributed by atoms with Gasteiger partial charge in [0.05, 0.1) is 37.4 Å². The highest BCUT2D eigenvalue weighted by atomic mass is 35.5. The summed E-state index contributed by atoms with van der Waals surface area (Å²) in [7, 11) is 0. The van der Waals surface area contributed by atoms with E-state index in [-0.39, 0.29) is 18.1 Å². The van der Waals surface area contributed by atoms with Crippen molar-refractivity contribution in [3.63, 3.8) is 0 Å². The number of hydrogen-bond acceptors (Lipinski definition) is 5. The number of hydrogen-bond donors (Lipinski definition) is 1. The molecule has 0 saturated heterocycles. The van der Waals surface area contributed by atoms with Crippen LogP contribution in [0.2, 0.25) is 5.02 Å². The molecule has 1 N–H and O–H groups in total. The van der Waals surface area contributed by atoms with Crippen LogP contribution in [0.25, 0.3) is 0 Å². The Balaban J connectivity index is 1.41. The van der Waals surface area contributed by atoms with E-state index in [0.29, 0.717) is 30.0 Å². The molecular formula is C19H22ClN3O3. The van der Waals surface area contributed by atoms with Gasteiger partial charge in [-0.3, -0.25) is 4.79 Å². The van der Waals surface area contributed by atoms with Crippen molar-refractivity contribution in [2.45, 2.75) is 38.8 Å². The van der Waals surface area contributed by atoms with Gasteiger partial charge in [0, 0.05) is 19.2 Å². The van der Waals surface area contributed by atoms with Crippen LogP contribution in [0, 0.1) is 5.92 Å². The quantitative estimate of drug-likeness (QED) is 0.707. The second-order valence-electron chi connectivity index (χ2n) is 6.61. The lowest BCUT2D eigenvalue weighted by Crippen LogP contribution is -2.40. The third-order valence-corrected chi connectivity index (χ3v) is 4.64. The molecule has 0 radical (unpaired) electrons. The van der Waals surface area contributed by atoms with E-state index < -0.39 is 0 Å². The lowest BCUT2D eigenvalue weighted by molar-refractivity contribution is -0.120. The number of anilines is 1. The molecule has 1 aromatic heterocycles. The van der Waals surface area contributed by atoms with Gasteiger partial charge in [0.2, 0.25) is 11.8 Å². The maximum atomic E-state index is 11.0. The number of ether oxygens (including phenoxy) is 2. The summed E-state index contributed by atoms with van der Waals surface area (Å²) < 4.78 is 11.6. The maximum absolute atomic E-state index is 11.0. The Hall–Kier alpha value is -2.23. The zero-order valence-electron chi connectivity index (χ0n) is 14.9. The number of carbonyl (C=O) groups excluding carboxylic acids is 1. The minimum Gasteiger partial charge on any atom is -0.476 e. The second kappa shape index (κ2) is 8.43. The molecule has 2 heterocycles. The van der Waals surface area contributed by atoms with Crippen molar-refractivity contribution in [1.29, 1.82) is 0 Å². The highest BCUT2D eigenvalue weighted by Crippen LogP contribution is 2.35. The number of aromatic nitrogens is 1. The van der Waals surface area contributed by atoms with Gasteiger partial charge in [0.15, 0.2) is 0 Å². The predicted octanol–water partition coefficient (Wildman–Crippen LogP) is 3.04. The molecule has 1 fully saturated rings. The number of carbonyl (C=O) groups is 1. The summed E-state index contributed by atoms with van der Waals surface area (Å²) in [6, 6.07) is 1.84. The van der Waals surface area contributed by atoms with Crippen molar-refractivity contribution in [2.75, 3.05) is 18.1 Å². The number of nitrogens with zero attached hydrogens (tertiary/aromatic N) is 2. The van der Waals surface area contributed by atoms with E-state index in [4.69, 9.17) is 21.1 Å². The normalized spacial score (nSPS) is 21.6. The lowest BCUT2D eigenvalue weighted by Gasteiger charge is -2.35. The fraction of sp³-hybridized carbons (Fsp3) is 0.474. The van der Waals surface area contributed by atoms with Gasteiger partial charge in [-0.15, -0.1) is 0 Å². The first-order valence-electron chi connectivity index (χ1n) is 8.65. The summed E-state index contributed by atoms with van der Waals surface area (Å²) in [6.07, 6.45) is 7.27. The Bertz CT molecular complexity index is 747. The Morgan fingerprint density at radius 3 is 2.88 bits per heavy atom. The fourth-order valence-corrected chi connectivity index (χ4v) is 3.18. The fourth-order valence-electron chi connectivity index (χ4n) is 2.92. The van der Waals surface area contributed by atoms with Gasteiger partial charge in [0.1, 0.15) is 5.02 Å². The summed E-state index contributed by atoms with van der Waals surface area (Å²) in [5.74, 6) is 0.815. The molecule has 1 saturated carbocycles. The molecule has 138 valence electrons. The molecule has 0 unspecified atom stereocenters. The maximum Gasteiger partial charge on any atom is 0.234 e. The molecule has 0 bridgehead atoms. The van der Waals surface area contributed by atoms with Gasteiger partial charge in [0.25, 0.3) is 0 Å². The Kier molecular flexibility index (Phi) is 6.02. The smallest absolute Gasteiger partial charge is 0.234 e. The van der Waals surface area contributed by atoms with Crippen LogP contribution in [0.15, 0.2) is 36.1 Å². The zero-order chi connectivity index (χ0) is 18.5. The van der Waals surface area contributed by atoms with Gasteiger partial charge in [-0.25, -0.2) is 4.98 Å². The van der Waals surface area contributed by atoms with Crippen molar-refractivity contribution < 1.29 is 14.3 Å².